The lowest BCUT2D eigenvalue weighted by Gasteiger charge is -2.20. The average molecular weight is 448 g/mol. The lowest BCUT2D eigenvalue weighted by atomic mass is 10.1. The SMILES string of the molecule is Cn1nnc(COCc2nc(C(F)(F)C(F)(F)F)ccc2C(=O)Nc2nnnn2C)n1. The van der Waals surface area contributed by atoms with E-state index in [-0.39, 0.29) is 23.9 Å². The van der Waals surface area contributed by atoms with Gasteiger partial charge in [-0.3, -0.25) is 10.1 Å². The normalized spacial score (nSPS) is 12.2. The maximum atomic E-state index is 13.7. The smallest absolute Gasteiger partial charge is 0.367 e. The second-order valence-corrected chi connectivity index (χ2v) is 6.03. The molecule has 0 aliphatic carbocycles. The van der Waals surface area contributed by atoms with Gasteiger partial charge in [0.1, 0.15) is 12.3 Å². The highest BCUT2D eigenvalue weighted by molar-refractivity contribution is 6.04. The third-order valence-corrected chi connectivity index (χ3v) is 3.76. The zero-order valence-electron chi connectivity index (χ0n) is 15.8. The minimum atomic E-state index is -5.88. The number of carbonyl (C=O) groups excluding carboxylic acids is 1. The van der Waals surface area contributed by atoms with Crippen molar-refractivity contribution in [3.05, 3.63) is 34.9 Å². The summed E-state index contributed by atoms with van der Waals surface area (Å²) in [6, 6.07) is 1.19. The zero-order valence-corrected chi connectivity index (χ0v) is 15.8. The number of rotatable bonds is 7. The van der Waals surface area contributed by atoms with Crippen LogP contribution in [0.25, 0.3) is 0 Å². The van der Waals surface area contributed by atoms with E-state index >= 15 is 0 Å². The molecule has 0 saturated carbocycles. The molecule has 0 aliphatic rings. The van der Waals surface area contributed by atoms with Crippen molar-refractivity contribution in [1.82, 2.24) is 45.4 Å². The summed E-state index contributed by atoms with van der Waals surface area (Å²) in [5.41, 5.74) is -2.39. The van der Waals surface area contributed by atoms with E-state index in [2.05, 4.69) is 41.2 Å². The molecule has 31 heavy (non-hydrogen) atoms. The number of tetrazole rings is 2. The Morgan fingerprint density at radius 2 is 1.84 bits per heavy atom. The Balaban J connectivity index is 1.88. The van der Waals surface area contributed by atoms with Crippen LogP contribution in [0.5, 0.6) is 0 Å². The van der Waals surface area contributed by atoms with Crippen LogP contribution in [0, 0.1) is 0 Å². The molecule has 12 nitrogen and oxygen atoms in total. The molecule has 0 fully saturated rings. The average Bonchev–Trinajstić information content (AvgIpc) is 3.28. The number of alkyl halides is 5. The molecule has 0 atom stereocenters. The number of pyridine rings is 1. The van der Waals surface area contributed by atoms with Gasteiger partial charge in [0, 0.05) is 7.05 Å². The number of amides is 1. The molecule has 0 spiro atoms. The molecular weight excluding hydrogens is 435 g/mol. The Morgan fingerprint density at radius 1 is 1.10 bits per heavy atom. The van der Waals surface area contributed by atoms with E-state index in [1.54, 1.807) is 0 Å². The maximum absolute atomic E-state index is 13.7. The van der Waals surface area contributed by atoms with E-state index in [4.69, 9.17) is 4.74 Å². The lowest BCUT2D eigenvalue weighted by molar-refractivity contribution is -0.291. The van der Waals surface area contributed by atoms with E-state index < -0.39 is 36.0 Å². The molecule has 3 aromatic heterocycles. The summed E-state index contributed by atoms with van der Waals surface area (Å²) in [7, 11) is 2.91. The third kappa shape index (κ3) is 4.76. The van der Waals surface area contributed by atoms with Gasteiger partial charge < -0.3 is 4.74 Å². The van der Waals surface area contributed by atoms with Crippen molar-refractivity contribution in [3.8, 4) is 0 Å². The minimum absolute atomic E-state index is 0.0923. The fourth-order valence-corrected chi connectivity index (χ4v) is 2.26. The van der Waals surface area contributed by atoms with Crippen LogP contribution in [-0.2, 0) is 38.0 Å². The monoisotopic (exact) mass is 448 g/mol. The molecule has 0 radical (unpaired) electrons. The first-order chi connectivity index (χ1) is 14.5. The second-order valence-electron chi connectivity index (χ2n) is 6.03. The Bertz CT molecular complexity index is 1080. The van der Waals surface area contributed by atoms with Gasteiger partial charge in [-0.15, -0.1) is 10.2 Å². The number of anilines is 1. The molecule has 0 bridgehead atoms. The lowest BCUT2D eigenvalue weighted by Crippen LogP contribution is -2.35. The summed E-state index contributed by atoms with van der Waals surface area (Å²) in [6.07, 6.45) is -5.88. The van der Waals surface area contributed by atoms with Crippen molar-refractivity contribution in [1.29, 1.82) is 0 Å². The standard InChI is InChI=1S/C14H13F5N10O2/c1-28-12(23-25-27-28)21-11(30)7-3-4-9(13(15,16)14(17,18)19)20-8(7)5-31-6-10-22-26-29(2)24-10/h3-4H,5-6H2,1-2H3,(H,21,23,27,30). The molecule has 1 amide bonds. The van der Waals surface area contributed by atoms with Crippen LogP contribution in [0.4, 0.5) is 27.9 Å². The summed E-state index contributed by atoms with van der Waals surface area (Å²) in [6.45, 7) is -0.858. The molecule has 17 heteroatoms. The molecule has 3 aromatic rings. The molecule has 0 aliphatic heterocycles. The molecule has 1 N–H and O–H groups in total. The van der Waals surface area contributed by atoms with Crippen molar-refractivity contribution in [2.45, 2.75) is 25.3 Å². The summed E-state index contributed by atoms with van der Waals surface area (Å²) < 4.78 is 72.0. The number of nitrogens with zero attached hydrogens (tertiary/aromatic N) is 9. The summed E-state index contributed by atoms with van der Waals surface area (Å²) in [4.78, 5) is 17.0. The Labute approximate surface area is 169 Å². The van der Waals surface area contributed by atoms with E-state index in [1.807, 2.05) is 0 Å². The molecule has 166 valence electrons. The van der Waals surface area contributed by atoms with Gasteiger partial charge in [-0.2, -0.15) is 26.7 Å². The van der Waals surface area contributed by atoms with Gasteiger partial charge in [0.15, 0.2) is 5.82 Å². The van der Waals surface area contributed by atoms with Crippen LogP contribution >= 0.6 is 0 Å². The zero-order chi connectivity index (χ0) is 22.8. The van der Waals surface area contributed by atoms with Crippen LogP contribution in [0.2, 0.25) is 0 Å². The van der Waals surface area contributed by atoms with Crippen LogP contribution in [0.3, 0.4) is 0 Å². The summed E-state index contributed by atoms with van der Waals surface area (Å²) >= 11 is 0. The fourth-order valence-electron chi connectivity index (χ4n) is 2.26. The molecule has 3 rings (SSSR count). The Hall–Kier alpha value is -3.63. The van der Waals surface area contributed by atoms with Gasteiger partial charge in [0.25, 0.3) is 5.91 Å². The van der Waals surface area contributed by atoms with Gasteiger partial charge in [-0.1, -0.05) is 5.10 Å². The molecule has 0 aromatic carbocycles. The van der Waals surface area contributed by atoms with Crippen molar-refractivity contribution < 1.29 is 31.5 Å². The molecular formula is C14H13F5N10O2. The first-order valence-electron chi connectivity index (χ1n) is 8.28. The van der Waals surface area contributed by atoms with Crippen molar-refractivity contribution in [2.75, 3.05) is 5.32 Å². The van der Waals surface area contributed by atoms with Crippen LogP contribution in [0.1, 0.15) is 27.6 Å². The topological polar surface area (TPSA) is 138 Å². The number of hydrogen-bond acceptors (Lipinski definition) is 9. The first kappa shape index (κ1) is 22.1. The van der Waals surface area contributed by atoms with Crippen molar-refractivity contribution >= 4 is 11.9 Å². The van der Waals surface area contributed by atoms with Gasteiger partial charge in [0.05, 0.1) is 24.9 Å². The minimum Gasteiger partial charge on any atom is -0.367 e. The van der Waals surface area contributed by atoms with Crippen LogP contribution in [0.15, 0.2) is 12.1 Å². The van der Waals surface area contributed by atoms with Crippen molar-refractivity contribution in [3.63, 3.8) is 0 Å². The Kier molecular flexibility index (Phi) is 5.87. The summed E-state index contributed by atoms with van der Waals surface area (Å²) in [5.74, 6) is -6.11. The van der Waals surface area contributed by atoms with Crippen molar-refractivity contribution in [2.24, 2.45) is 14.1 Å². The predicted molar refractivity (Wildman–Crippen MR) is 88.2 cm³/mol. The van der Waals surface area contributed by atoms with Crippen LogP contribution < -0.4 is 5.32 Å². The molecule has 3 heterocycles. The van der Waals surface area contributed by atoms with Gasteiger partial charge >= 0.3 is 12.1 Å². The van der Waals surface area contributed by atoms with E-state index in [0.29, 0.717) is 6.07 Å². The molecule has 0 saturated heterocycles. The number of halogens is 5. The number of aromatic nitrogens is 9. The van der Waals surface area contributed by atoms with Gasteiger partial charge in [-0.25, -0.2) is 9.67 Å². The number of ether oxygens (including phenoxy) is 1. The van der Waals surface area contributed by atoms with Gasteiger partial charge in [-0.05, 0) is 27.8 Å². The van der Waals surface area contributed by atoms with E-state index in [0.717, 1.165) is 15.5 Å². The first-order valence-corrected chi connectivity index (χ1v) is 8.28. The highest BCUT2D eigenvalue weighted by Crippen LogP contribution is 2.43. The third-order valence-electron chi connectivity index (χ3n) is 3.76. The Morgan fingerprint density at radius 3 is 2.42 bits per heavy atom. The molecule has 0 unspecified atom stereocenters. The fraction of sp³-hybridized carbons (Fsp3) is 0.429. The number of hydrogen-bond donors (Lipinski definition) is 1. The largest absolute Gasteiger partial charge is 0.459 e. The van der Waals surface area contributed by atoms with Crippen LogP contribution in [-0.4, -0.2) is 57.5 Å². The second kappa shape index (κ2) is 8.25. The summed E-state index contributed by atoms with van der Waals surface area (Å²) in [5, 5.41) is 23.7. The highest BCUT2D eigenvalue weighted by atomic mass is 19.4. The number of nitrogens with one attached hydrogen (secondary N) is 1. The predicted octanol–water partition coefficient (Wildman–Crippen LogP) is 0.752. The number of carbonyl (C=O) groups is 1. The quantitative estimate of drug-likeness (QED) is 0.519. The highest BCUT2D eigenvalue weighted by Gasteiger charge is 2.60. The van der Waals surface area contributed by atoms with Gasteiger partial charge in [0.2, 0.25) is 5.95 Å². The maximum Gasteiger partial charge on any atom is 0.459 e. The number of aryl methyl sites for hydroxylation is 2. The van der Waals surface area contributed by atoms with E-state index in [9.17, 15) is 26.7 Å². The van der Waals surface area contributed by atoms with E-state index in [1.165, 1.54) is 14.1 Å².